The normalized spacial score (nSPS) is 15.6. The number of primary amides is 1. The number of carbonyl (C=O) groups excluding carboxylic acids is 3. The van der Waals surface area contributed by atoms with Gasteiger partial charge in [-0.15, -0.1) is 11.3 Å². The summed E-state index contributed by atoms with van der Waals surface area (Å²) in [5.74, 6) is -0.661. The highest BCUT2D eigenvalue weighted by atomic mass is 32.1. The maximum absolute atomic E-state index is 12.0. The molecule has 1 aromatic heterocycles. The van der Waals surface area contributed by atoms with Crippen molar-refractivity contribution in [2.75, 3.05) is 20.2 Å². The number of hydrogen-bond donors (Lipinski definition) is 1. The molecule has 2 rings (SSSR count). The lowest BCUT2D eigenvalue weighted by Gasteiger charge is -2.31. The van der Waals surface area contributed by atoms with E-state index in [4.69, 9.17) is 5.73 Å². The Labute approximate surface area is 132 Å². The van der Waals surface area contributed by atoms with E-state index < -0.39 is 5.91 Å². The summed E-state index contributed by atoms with van der Waals surface area (Å²) < 4.78 is 4.53. The molecule has 1 saturated heterocycles. The highest BCUT2D eigenvalue weighted by Gasteiger charge is 2.26. The van der Waals surface area contributed by atoms with E-state index in [1.165, 1.54) is 18.4 Å². The lowest BCUT2D eigenvalue weighted by atomic mass is 9.97. The zero-order chi connectivity index (χ0) is 16.1. The summed E-state index contributed by atoms with van der Waals surface area (Å²) in [5.41, 5.74) is 5.50. The van der Waals surface area contributed by atoms with Gasteiger partial charge >= 0.3 is 5.97 Å². The lowest BCUT2D eigenvalue weighted by Crippen LogP contribution is -2.38. The van der Waals surface area contributed by atoms with Crippen LogP contribution in [0.3, 0.4) is 0 Å². The number of aromatic nitrogens is 1. The van der Waals surface area contributed by atoms with Crippen LogP contribution in [0, 0.1) is 0 Å². The molecule has 0 radical (unpaired) electrons. The first-order valence-corrected chi connectivity index (χ1v) is 7.99. The molecule has 7 nitrogen and oxygen atoms in total. The van der Waals surface area contributed by atoms with Gasteiger partial charge < -0.3 is 15.4 Å². The van der Waals surface area contributed by atoms with Crippen LogP contribution in [0.15, 0.2) is 5.38 Å². The number of likely N-dealkylation sites (tertiary alicyclic amines) is 1. The predicted octanol–water partition coefficient (Wildman–Crippen LogP) is 0.901. The molecule has 1 fully saturated rings. The Hall–Kier alpha value is -1.96. The summed E-state index contributed by atoms with van der Waals surface area (Å²) in [6.07, 6.45) is 1.90. The van der Waals surface area contributed by atoms with Crippen molar-refractivity contribution < 1.29 is 19.1 Å². The van der Waals surface area contributed by atoms with Gasteiger partial charge in [0, 0.05) is 30.8 Å². The van der Waals surface area contributed by atoms with Gasteiger partial charge in [-0.1, -0.05) is 0 Å². The minimum atomic E-state index is -0.516. The zero-order valence-electron chi connectivity index (χ0n) is 12.4. The number of hydrogen-bond acceptors (Lipinski definition) is 6. The Bertz CT molecular complexity index is 564. The molecule has 120 valence electrons. The molecule has 2 amide bonds. The number of carbonyl (C=O) groups is 3. The summed E-state index contributed by atoms with van der Waals surface area (Å²) in [5, 5.41) is 2.57. The second kappa shape index (κ2) is 7.35. The fraction of sp³-hybridized carbons (Fsp3) is 0.571. The average Bonchev–Trinajstić information content (AvgIpc) is 3.02. The van der Waals surface area contributed by atoms with Crippen molar-refractivity contribution in [2.24, 2.45) is 5.73 Å². The second-order valence-electron chi connectivity index (χ2n) is 5.17. The highest BCUT2D eigenvalue weighted by molar-refractivity contribution is 7.09. The van der Waals surface area contributed by atoms with E-state index in [9.17, 15) is 14.4 Å². The van der Waals surface area contributed by atoms with E-state index in [1.54, 1.807) is 10.3 Å². The molecule has 0 spiro atoms. The van der Waals surface area contributed by atoms with Gasteiger partial charge in [0.05, 0.1) is 18.5 Å². The molecular formula is C14H19N3O4S. The van der Waals surface area contributed by atoms with Crippen LogP contribution < -0.4 is 5.73 Å². The van der Waals surface area contributed by atoms with Gasteiger partial charge in [0.1, 0.15) is 5.69 Å². The molecule has 0 saturated carbocycles. The van der Waals surface area contributed by atoms with Gasteiger partial charge in [-0.05, 0) is 12.8 Å². The molecule has 1 aliphatic rings. The number of amides is 2. The molecule has 2 N–H and O–H groups in total. The summed E-state index contributed by atoms with van der Waals surface area (Å²) in [4.78, 5) is 40.1. The second-order valence-corrected chi connectivity index (χ2v) is 6.06. The van der Waals surface area contributed by atoms with Crippen molar-refractivity contribution in [3.63, 3.8) is 0 Å². The van der Waals surface area contributed by atoms with Crippen LogP contribution in [0.4, 0.5) is 0 Å². The highest BCUT2D eigenvalue weighted by Crippen LogP contribution is 2.30. The van der Waals surface area contributed by atoms with E-state index in [0.717, 1.165) is 17.8 Å². The third kappa shape index (κ3) is 4.03. The zero-order valence-corrected chi connectivity index (χ0v) is 13.2. The minimum Gasteiger partial charge on any atom is -0.469 e. The van der Waals surface area contributed by atoms with E-state index in [1.807, 2.05) is 0 Å². The Morgan fingerprint density at radius 3 is 2.59 bits per heavy atom. The third-order valence-corrected chi connectivity index (χ3v) is 4.75. The number of thiazole rings is 1. The van der Waals surface area contributed by atoms with Crippen molar-refractivity contribution in [3.8, 4) is 0 Å². The van der Waals surface area contributed by atoms with Gasteiger partial charge in [0.15, 0.2) is 0 Å². The number of piperidine rings is 1. The number of ether oxygens (including phenoxy) is 1. The molecule has 0 unspecified atom stereocenters. The molecule has 22 heavy (non-hydrogen) atoms. The molecule has 0 bridgehead atoms. The maximum Gasteiger partial charge on any atom is 0.306 e. The number of nitrogens with two attached hydrogens (primary N) is 1. The molecular weight excluding hydrogens is 306 g/mol. The Balaban J connectivity index is 1.83. The summed E-state index contributed by atoms with van der Waals surface area (Å²) in [6.45, 7) is 1.27. The molecule has 0 aromatic carbocycles. The quantitative estimate of drug-likeness (QED) is 0.810. The standard InChI is InChI=1S/C14H19N3O4S/c1-21-12(19)3-2-11(18)17-6-4-9(5-7-17)14-16-10(8-22-14)13(15)20/h8-9H,2-7H2,1H3,(H2,15,20). The molecule has 8 heteroatoms. The van der Waals surface area contributed by atoms with Gasteiger partial charge in [-0.3, -0.25) is 14.4 Å². The number of rotatable bonds is 5. The largest absolute Gasteiger partial charge is 0.469 e. The van der Waals surface area contributed by atoms with Crippen LogP contribution in [0.1, 0.15) is 47.1 Å². The lowest BCUT2D eigenvalue weighted by molar-refractivity contribution is -0.143. The van der Waals surface area contributed by atoms with E-state index in [0.29, 0.717) is 18.8 Å². The number of esters is 1. The minimum absolute atomic E-state index is 0.0270. The first-order valence-electron chi connectivity index (χ1n) is 7.11. The first-order chi connectivity index (χ1) is 10.5. The molecule has 2 heterocycles. The van der Waals surface area contributed by atoms with E-state index in [2.05, 4.69) is 9.72 Å². The van der Waals surface area contributed by atoms with Crippen LogP contribution in [-0.2, 0) is 14.3 Å². The van der Waals surface area contributed by atoms with Crippen molar-refractivity contribution in [1.82, 2.24) is 9.88 Å². The summed E-state index contributed by atoms with van der Waals surface area (Å²) in [6, 6.07) is 0. The SMILES string of the molecule is COC(=O)CCC(=O)N1CCC(c2nc(C(N)=O)cs2)CC1. The number of nitrogens with zero attached hydrogens (tertiary/aromatic N) is 2. The van der Waals surface area contributed by atoms with Gasteiger partial charge in [-0.25, -0.2) is 4.98 Å². The summed E-state index contributed by atoms with van der Waals surface area (Å²) >= 11 is 1.43. The first kappa shape index (κ1) is 16.4. The van der Waals surface area contributed by atoms with Crippen LogP contribution in [-0.4, -0.2) is 47.9 Å². The third-order valence-electron chi connectivity index (χ3n) is 3.74. The van der Waals surface area contributed by atoms with Crippen LogP contribution >= 0.6 is 11.3 Å². The molecule has 0 atom stereocenters. The maximum atomic E-state index is 12.0. The smallest absolute Gasteiger partial charge is 0.306 e. The fourth-order valence-corrected chi connectivity index (χ4v) is 3.41. The molecule has 1 aromatic rings. The van der Waals surface area contributed by atoms with Crippen LogP contribution in [0.25, 0.3) is 0 Å². The monoisotopic (exact) mass is 325 g/mol. The van der Waals surface area contributed by atoms with Crippen LogP contribution in [0.2, 0.25) is 0 Å². The molecule has 1 aliphatic heterocycles. The van der Waals surface area contributed by atoms with Crippen molar-refractivity contribution in [2.45, 2.75) is 31.6 Å². The summed E-state index contributed by atoms with van der Waals surface area (Å²) in [7, 11) is 1.31. The van der Waals surface area contributed by atoms with Gasteiger partial charge in [0.2, 0.25) is 5.91 Å². The molecule has 0 aliphatic carbocycles. The Morgan fingerprint density at radius 1 is 1.36 bits per heavy atom. The average molecular weight is 325 g/mol. The Kier molecular flexibility index (Phi) is 5.48. The van der Waals surface area contributed by atoms with Gasteiger partial charge in [-0.2, -0.15) is 0 Å². The number of methoxy groups -OCH3 is 1. The fourth-order valence-electron chi connectivity index (χ4n) is 2.43. The topological polar surface area (TPSA) is 103 Å². The van der Waals surface area contributed by atoms with Crippen LogP contribution in [0.5, 0.6) is 0 Å². The Morgan fingerprint density at radius 2 is 2.05 bits per heavy atom. The van der Waals surface area contributed by atoms with E-state index in [-0.39, 0.29) is 30.6 Å². The van der Waals surface area contributed by atoms with Crippen molar-refractivity contribution >= 4 is 29.1 Å². The van der Waals surface area contributed by atoms with Gasteiger partial charge in [0.25, 0.3) is 5.91 Å². The van der Waals surface area contributed by atoms with Crippen molar-refractivity contribution in [3.05, 3.63) is 16.1 Å². The van der Waals surface area contributed by atoms with Crippen molar-refractivity contribution in [1.29, 1.82) is 0 Å². The predicted molar refractivity (Wildman–Crippen MR) is 80.4 cm³/mol. The van der Waals surface area contributed by atoms with E-state index >= 15 is 0 Å².